The van der Waals surface area contributed by atoms with Crippen molar-refractivity contribution in [2.24, 2.45) is 5.41 Å². The molecule has 124 valence electrons. The van der Waals surface area contributed by atoms with Crippen LogP contribution in [0.1, 0.15) is 32.9 Å². The van der Waals surface area contributed by atoms with E-state index in [1.807, 2.05) is 19.2 Å². The molecule has 0 fully saturated rings. The molecule has 2 aromatic heterocycles. The molecule has 0 aromatic carbocycles. The first-order valence-corrected chi connectivity index (χ1v) is 8.39. The van der Waals surface area contributed by atoms with Gasteiger partial charge in [-0.15, -0.1) is 11.3 Å². The summed E-state index contributed by atoms with van der Waals surface area (Å²) in [5, 5.41) is 15.0. The van der Waals surface area contributed by atoms with Crippen LogP contribution >= 0.6 is 11.3 Å². The van der Waals surface area contributed by atoms with Gasteiger partial charge in [0.25, 0.3) is 0 Å². The maximum atomic E-state index is 12.1. The Morgan fingerprint density at radius 1 is 1.43 bits per heavy atom. The van der Waals surface area contributed by atoms with E-state index in [0.29, 0.717) is 18.7 Å². The van der Waals surface area contributed by atoms with E-state index in [1.165, 1.54) is 11.3 Å². The van der Waals surface area contributed by atoms with Gasteiger partial charge in [-0.25, -0.2) is 4.98 Å². The van der Waals surface area contributed by atoms with Crippen LogP contribution < -0.4 is 5.32 Å². The van der Waals surface area contributed by atoms with E-state index in [0.717, 1.165) is 10.7 Å². The number of carbonyl (C=O) groups is 1. The lowest BCUT2D eigenvalue weighted by molar-refractivity contribution is -0.121. The van der Waals surface area contributed by atoms with Crippen LogP contribution in [0.3, 0.4) is 0 Å². The standard InChI is InChI=1S/C16H22N4O2S/c1-11(21)7-16(2,3)10-19-14(22)6-12-9-23-15(20-12)13-8-17-4-5-18-13/h4-5,8-9,11,21H,6-7,10H2,1-3H3,(H,19,22). The SMILES string of the molecule is CC(O)CC(C)(C)CNC(=O)Cc1csc(-c2cnccn2)n1. The number of hydrogen-bond acceptors (Lipinski definition) is 6. The summed E-state index contributed by atoms with van der Waals surface area (Å²) in [4.78, 5) is 24.7. The van der Waals surface area contributed by atoms with Gasteiger partial charge in [0.15, 0.2) is 0 Å². The molecule has 0 aliphatic carbocycles. The molecule has 2 rings (SSSR count). The molecule has 23 heavy (non-hydrogen) atoms. The summed E-state index contributed by atoms with van der Waals surface area (Å²) < 4.78 is 0. The summed E-state index contributed by atoms with van der Waals surface area (Å²) in [6.45, 7) is 6.33. The lowest BCUT2D eigenvalue weighted by Gasteiger charge is -2.26. The van der Waals surface area contributed by atoms with Gasteiger partial charge in [0.1, 0.15) is 10.7 Å². The van der Waals surface area contributed by atoms with Crippen molar-refractivity contribution in [3.05, 3.63) is 29.7 Å². The third kappa shape index (κ3) is 5.69. The normalized spacial score (nSPS) is 12.9. The van der Waals surface area contributed by atoms with Gasteiger partial charge in [-0.05, 0) is 18.8 Å². The van der Waals surface area contributed by atoms with Crippen LogP contribution in [0, 0.1) is 5.41 Å². The summed E-state index contributed by atoms with van der Waals surface area (Å²) in [7, 11) is 0. The molecular weight excluding hydrogens is 312 g/mol. The summed E-state index contributed by atoms with van der Waals surface area (Å²) >= 11 is 1.45. The molecule has 0 saturated carbocycles. The van der Waals surface area contributed by atoms with Gasteiger partial charge in [0.2, 0.25) is 5.91 Å². The highest BCUT2D eigenvalue weighted by molar-refractivity contribution is 7.13. The molecule has 1 unspecified atom stereocenters. The van der Waals surface area contributed by atoms with Crippen molar-refractivity contribution in [1.29, 1.82) is 0 Å². The van der Waals surface area contributed by atoms with Crippen molar-refractivity contribution in [3.8, 4) is 10.7 Å². The number of aliphatic hydroxyl groups is 1. The van der Waals surface area contributed by atoms with Crippen molar-refractivity contribution >= 4 is 17.2 Å². The fourth-order valence-electron chi connectivity index (χ4n) is 2.35. The second-order valence-corrected chi connectivity index (χ2v) is 7.26. The number of hydrogen-bond donors (Lipinski definition) is 2. The summed E-state index contributed by atoms with van der Waals surface area (Å²) in [5.41, 5.74) is 1.29. The van der Waals surface area contributed by atoms with Crippen molar-refractivity contribution in [1.82, 2.24) is 20.3 Å². The molecule has 6 nitrogen and oxygen atoms in total. The van der Waals surface area contributed by atoms with Gasteiger partial charge in [-0.2, -0.15) is 0 Å². The molecule has 0 radical (unpaired) electrons. The smallest absolute Gasteiger partial charge is 0.226 e. The van der Waals surface area contributed by atoms with Crippen molar-refractivity contribution in [2.75, 3.05) is 6.54 Å². The number of nitrogens with zero attached hydrogens (tertiary/aromatic N) is 3. The fraction of sp³-hybridized carbons (Fsp3) is 0.500. The van der Waals surface area contributed by atoms with E-state index < -0.39 is 0 Å². The zero-order valence-electron chi connectivity index (χ0n) is 13.6. The number of rotatable bonds is 7. The van der Waals surface area contributed by atoms with Crippen LogP contribution in [-0.2, 0) is 11.2 Å². The molecule has 0 bridgehead atoms. The Labute approximate surface area is 140 Å². The minimum Gasteiger partial charge on any atom is -0.393 e. The summed E-state index contributed by atoms with van der Waals surface area (Å²) in [6, 6.07) is 0. The molecular formula is C16H22N4O2S. The first-order chi connectivity index (χ1) is 10.9. The van der Waals surface area contributed by atoms with Crippen molar-refractivity contribution in [2.45, 2.75) is 39.7 Å². The Morgan fingerprint density at radius 2 is 2.22 bits per heavy atom. The Balaban J connectivity index is 1.88. The third-order valence-corrected chi connectivity index (χ3v) is 4.20. The first-order valence-electron chi connectivity index (χ1n) is 7.51. The van der Waals surface area contributed by atoms with E-state index in [4.69, 9.17) is 0 Å². The Kier molecular flexibility index (Phi) is 5.79. The highest BCUT2D eigenvalue weighted by atomic mass is 32.1. The Hall–Kier alpha value is -1.86. The molecule has 0 aliphatic rings. The second-order valence-electron chi connectivity index (χ2n) is 6.41. The van der Waals surface area contributed by atoms with Crippen LogP contribution in [0.2, 0.25) is 0 Å². The van der Waals surface area contributed by atoms with Crippen LogP contribution in [-0.4, -0.2) is 38.6 Å². The molecule has 2 N–H and O–H groups in total. The van der Waals surface area contributed by atoms with Crippen molar-refractivity contribution in [3.63, 3.8) is 0 Å². The van der Waals surface area contributed by atoms with Gasteiger partial charge in [0.05, 0.1) is 24.4 Å². The highest BCUT2D eigenvalue weighted by Crippen LogP contribution is 2.22. The zero-order chi connectivity index (χ0) is 16.9. The number of aromatic nitrogens is 3. The molecule has 7 heteroatoms. The second kappa shape index (κ2) is 7.61. The predicted octanol–water partition coefficient (Wildman–Crippen LogP) is 2.06. The van der Waals surface area contributed by atoms with Gasteiger partial charge in [-0.1, -0.05) is 13.8 Å². The minimum atomic E-state index is -0.380. The molecule has 2 aromatic rings. The zero-order valence-corrected chi connectivity index (χ0v) is 14.4. The van der Waals surface area contributed by atoms with Crippen LogP contribution in [0.5, 0.6) is 0 Å². The van der Waals surface area contributed by atoms with E-state index in [1.54, 1.807) is 25.5 Å². The van der Waals surface area contributed by atoms with Crippen LogP contribution in [0.4, 0.5) is 0 Å². The molecule has 0 spiro atoms. The monoisotopic (exact) mass is 334 g/mol. The lowest BCUT2D eigenvalue weighted by atomic mass is 9.87. The number of amides is 1. The number of nitrogens with one attached hydrogen (secondary N) is 1. The molecule has 1 atom stereocenters. The largest absolute Gasteiger partial charge is 0.393 e. The Bertz CT molecular complexity index is 641. The Morgan fingerprint density at radius 3 is 2.87 bits per heavy atom. The number of thiazole rings is 1. The van der Waals surface area contributed by atoms with Crippen LogP contribution in [0.25, 0.3) is 10.7 Å². The summed E-state index contributed by atoms with van der Waals surface area (Å²) in [6.07, 6.45) is 5.38. The fourth-order valence-corrected chi connectivity index (χ4v) is 3.13. The van der Waals surface area contributed by atoms with Gasteiger partial charge in [-0.3, -0.25) is 14.8 Å². The molecule has 2 heterocycles. The quantitative estimate of drug-likeness (QED) is 0.809. The van der Waals surface area contributed by atoms with Crippen LogP contribution in [0.15, 0.2) is 24.0 Å². The van der Waals surface area contributed by atoms with Gasteiger partial charge in [0, 0.05) is 24.3 Å². The van der Waals surface area contributed by atoms with Gasteiger partial charge < -0.3 is 10.4 Å². The summed E-state index contributed by atoms with van der Waals surface area (Å²) in [5.74, 6) is -0.0698. The highest BCUT2D eigenvalue weighted by Gasteiger charge is 2.21. The van der Waals surface area contributed by atoms with E-state index >= 15 is 0 Å². The van der Waals surface area contributed by atoms with E-state index in [2.05, 4.69) is 20.3 Å². The number of carbonyl (C=O) groups excluding carboxylic acids is 1. The average Bonchev–Trinajstić information content (AvgIpc) is 2.93. The average molecular weight is 334 g/mol. The lowest BCUT2D eigenvalue weighted by Crippen LogP contribution is -2.36. The van der Waals surface area contributed by atoms with Gasteiger partial charge >= 0.3 is 0 Å². The maximum absolute atomic E-state index is 12.1. The predicted molar refractivity (Wildman–Crippen MR) is 89.9 cm³/mol. The van der Waals surface area contributed by atoms with Crippen molar-refractivity contribution < 1.29 is 9.90 Å². The molecule has 0 saturated heterocycles. The molecule has 0 aliphatic heterocycles. The first kappa shape index (κ1) is 17.5. The van der Waals surface area contributed by atoms with E-state index in [-0.39, 0.29) is 23.8 Å². The van der Waals surface area contributed by atoms with E-state index in [9.17, 15) is 9.90 Å². The number of aliphatic hydroxyl groups excluding tert-OH is 1. The third-order valence-electron chi connectivity index (χ3n) is 3.29. The maximum Gasteiger partial charge on any atom is 0.226 e. The molecule has 1 amide bonds. The minimum absolute atomic E-state index is 0.0698. The topological polar surface area (TPSA) is 88.0 Å².